The SMILES string of the molecule is COc1cc(C#N)c([N+](=O)[O-])cc1OCCCN1CCCCC1. The van der Waals surface area contributed by atoms with E-state index in [0.29, 0.717) is 18.1 Å². The number of nitriles is 1. The summed E-state index contributed by atoms with van der Waals surface area (Å²) >= 11 is 0. The Bertz CT molecular complexity index is 592. The lowest BCUT2D eigenvalue weighted by molar-refractivity contribution is -0.385. The lowest BCUT2D eigenvalue weighted by Gasteiger charge is -2.26. The van der Waals surface area contributed by atoms with Crippen LogP contribution < -0.4 is 9.47 Å². The van der Waals surface area contributed by atoms with Crippen molar-refractivity contribution in [3.05, 3.63) is 27.8 Å². The third-order valence-electron chi connectivity index (χ3n) is 3.92. The molecule has 0 unspecified atom stereocenters. The van der Waals surface area contributed by atoms with Crippen LogP contribution in [0.2, 0.25) is 0 Å². The van der Waals surface area contributed by atoms with Gasteiger partial charge in [0, 0.05) is 12.6 Å². The first-order valence-electron chi connectivity index (χ1n) is 7.77. The Morgan fingerprint density at radius 1 is 1.30 bits per heavy atom. The molecule has 1 aromatic rings. The van der Waals surface area contributed by atoms with E-state index in [0.717, 1.165) is 26.1 Å². The van der Waals surface area contributed by atoms with Crippen LogP contribution in [0.4, 0.5) is 5.69 Å². The molecule has 7 nitrogen and oxygen atoms in total. The Hall–Kier alpha value is -2.33. The number of hydrogen-bond acceptors (Lipinski definition) is 6. The summed E-state index contributed by atoms with van der Waals surface area (Å²) in [5, 5.41) is 20.0. The second-order valence-electron chi connectivity index (χ2n) is 5.49. The van der Waals surface area contributed by atoms with Gasteiger partial charge >= 0.3 is 0 Å². The number of piperidine rings is 1. The van der Waals surface area contributed by atoms with Crippen LogP contribution >= 0.6 is 0 Å². The Labute approximate surface area is 135 Å². The van der Waals surface area contributed by atoms with E-state index < -0.39 is 4.92 Å². The van der Waals surface area contributed by atoms with Crippen LogP contribution in [0.5, 0.6) is 11.5 Å². The van der Waals surface area contributed by atoms with E-state index in [9.17, 15) is 10.1 Å². The number of methoxy groups -OCH3 is 1. The van der Waals surface area contributed by atoms with Crippen molar-refractivity contribution in [2.75, 3.05) is 33.4 Å². The Kier molecular flexibility index (Phi) is 6.18. The molecule has 124 valence electrons. The van der Waals surface area contributed by atoms with Crippen molar-refractivity contribution < 1.29 is 14.4 Å². The lowest BCUT2D eigenvalue weighted by Crippen LogP contribution is -2.31. The molecule has 1 saturated heterocycles. The normalized spacial score (nSPS) is 15.0. The molecule has 0 bridgehead atoms. The zero-order valence-electron chi connectivity index (χ0n) is 13.3. The lowest BCUT2D eigenvalue weighted by atomic mass is 10.1. The number of hydrogen-bond donors (Lipinski definition) is 0. The molecule has 0 radical (unpaired) electrons. The van der Waals surface area contributed by atoms with Crippen molar-refractivity contribution >= 4 is 5.69 Å². The molecular weight excluding hydrogens is 298 g/mol. The zero-order chi connectivity index (χ0) is 16.7. The predicted molar refractivity (Wildman–Crippen MR) is 84.8 cm³/mol. The van der Waals surface area contributed by atoms with E-state index in [2.05, 4.69) is 4.90 Å². The fourth-order valence-electron chi connectivity index (χ4n) is 2.72. The number of nitro benzene ring substituents is 1. The number of nitro groups is 1. The molecule has 0 atom stereocenters. The maximum Gasteiger partial charge on any atom is 0.291 e. The molecule has 2 rings (SSSR count). The van der Waals surface area contributed by atoms with Crippen molar-refractivity contribution in [2.24, 2.45) is 0 Å². The van der Waals surface area contributed by atoms with Crippen molar-refractivity contribution in [3.8, 4) is 17.6 Å². The highest BCUT2D eigenvalue weighted by molar-refractivity contribution is 5.58. The van der Waals surface area contributed by atoms with Gasteiger partial charge in [-0.15, -0.1) is 0 Å². The third-order valence-corrected chi connectivity index (χ3v) is 3.92. The first-order chi connectivity index (χ1) is 11.2. The molecular formula is C16H21N3O4. The average molecular weight is 319 g/mol. The molecule has 0 aliphatic carbocycles. The number of nitrogens with zero attached hydrogens (tertiary/aromatic N) is 3. The van der Waals surface area contributed by atoms with E-state index in [1.54, 1.807) is 6.07 Å². The first-order valence-corrected chi connectivity index (χ1v) is 7.77. The van der Waals surface area contributed by atoms with Crippen LogP contribution in [0.1, 0.15) is 31.2 Å². The molecule has 1 fully saturated rings. The van der Waals surface area contributed by atoms with Gasteiger partial charge in [-0.05, 0) is 32.4 Å². The molecule has 23 heavy (non-hydrogen) atoms. The summed E-state index contributed by atoms with van der Waals surface area (Å²) in [7, 11) is 1.45. The molecule has 1 heterocycles. The van der Waals surface area contributed by atoms with E-state index in [-0.39, 0.29) is 11.3 Å². The minimum absolute atomic E-state index is 0.0347. The second kappa shape index (κ2) is 8.34. The van der Waals surface area contributed by atoms with Gasteiger partial charge in [0.1, 0.15) is 11.6 Å². The van der Waals surface area contributed by atoms with Crippen molar-refractivity contribution in [1.82, 2.24) is 4.90 Å². The molecule has 1 aromatic carbocycles. The van der Waals surface area contributed by atoms with Crippen LogP contribution in [0.15, 0.2) is 12.1 Å². The standard InChI is InChI=1S/C16H21N3O4/c1-22-15-10-13(12-17)14(19(20)21)11-16(15)23-9-5-8-18-6-3-2-4-7-18/h10-11H,2-9H2,1H3. The Morgan fingerprint density at radius 3 is 2.65 bits per heavy atom. The number of likely N-dealkylation sites (tertiary alicyclic amines) is 1. The van der Waals surface area contributed by atoms with Crippen LogP contribution in [0.25, 0.3) is 0 Å². The fourth-order valence-corrected chi connectivity index (χ4v) is 2.72. The average Bonchev–Trinajstić information content (AvgIpc) is 2.58. The van der Waals surface area contributed by atoms with Gasteiger partial charge in [0.2, 0.25) is 0 Å². The van der Waals surface area contributed by atoms with E-state index in [1.807, 2.05) is 0 Å². The number of benzene rings is 1. The highest BCUT2D eigenvalue weighted by atomic mass is 16.6. The quantitative estimate of drug-likeness (QED) is 0.436. The maximum atomic E-state index is 11.0. The van der Waals surface area contributed by atoms with Crippen LogP contribution in [0, 0.1) is 21.4 Å². The van der Waals surface area contributed by atoms with Crippen LogP contribution in [0.3, 0.4) is 0 Å². The first kappa shape index (κ1) is 17.0. The summed E-state index contributed by atoms with van der Waals surface area (Å²) in [6, 6.07) is 4.41. The van der Waals surface area contributed by atoms with Gasteiger partial charge < -0.3 is 14.4 Å². The summed E-state index contributed by atoms with van der Waals surface area (Å²) in [6.45, 7) is 3.67. The highest BCUT2D eigenvalue weighted by Crippen LogP contribution is 2.34. The van der Waals surface area contributed by atoms with Crippen LogP contribution in [-0.4, -0.2) is 43.2 Å². The molecule has 0 saturated carbocycles. The molecule has 0 spiro atoms. The Morgan fingerprint density at radius 2 is 2.04 bits per heavy atom. The summed E-state index contributed by atoms with van der Waals surface area (Å²) in [4.78, 5) is 12.8. The van der Waals surface area contributed by atoms with Crippen molar-refractivity contribution in [2.45, 2.75) is 25.7 Å². The van der Waals surface area contributed by atoms with Crippen molar-refractivity contribution in [3.63, 3.8) is 0 Å². The summed E-state index contributed by atoms with van der Waals surface area (Å²) in [5.74, 6) is 0.641. The third kappa shape index (κ3) is 4.57. The monoisotopic (exact) mass is 319 g/mol. The Balaban J connectivity index is 1.96. The molecule has 0 N–H and O–H groups in total. The van der Waals surface area contributed by atoms with Gasteiger partial charge in [-0.2, -0.15) is 5.26 Å². The highest BCUT2D eigenvalue weighted by Gasteiger charge is 2.19. The molecule has 7 heteroatoms. The summed E-state index contributed by atoms with van der Waals surface area (Å²) in [5.41, 5.74) is -0.299. The topological polar surface area (TPSA) is 88.6 Å². The summed E-state index contributed by atoms with van der Waals surface area (Å²) in [6.07, 6.45) is 4.64. The van der Waals surface area contributed by atoms with Crippen LogP contribution in [-0.2, 0) is 0 Å². The number of rotatable bonds is 7. The van der Waals surface area contributed by atoms with Gasteiger partial charge in [0.05, 0.1) is 24.7 Å². The van der Waals surface area contributed by atoms with Gasteiger partial charge in [0.15, 0.2) is 11.5 Å². The molecule has 0 amide bonds. The largest absolute Gasteiger partial charge is 0.493 e. The predicted octanol–water partition coefficient (Wildman–Crippen LogP) is 2.73. The van der Waals surface area contributed by atoms with E-state index >= 15 is 0 Å². The smallest absolute Gasteiger partial charge is 0.291 e. The molecule has 0 aromatic heterocycles. The second-order valence-corrected chi connectivity index (χ2v) is 5.49. The maximum absolute atomic E-state index is 11.0. The molecule has 1 aliphatic rings. The van der Waals surface area contributed by atoms with E-state index in [1.165, 1.54) is 38.5 Å². The van der Waals surface area contributed by atoms with Gasteiger partial charge in [-0.3, -0.25) is 10.1 Å². The van der Waals surface area contributed by atoms with Gasteiger partial charge in [-0.25, -0.2) is 0 Å². The minimum atomic E-state index is -0.585. The van der Waals surface area contributed by atoms with Gasteiger partial charge in [-0.1, -0.05) is 6.42 Å². The van der Waals surface area contributed by atoms with Gasteiger partial charge in [0.25, 0.3) is 5.69 Å². The summed E-state index contributed by atoms with van der Waals surface area (Å²) < 4.78 is 10.8. The fraction of sp³-hybridized carbons (Fsp3) is 0.562. The minimum Gasteiger partial charge on any atom is -0.493 e. The number of ether oxygens (including phenoxy) is 2. The molecule has 1 aliphatic heterocycles. The van der Waals surface area contributed by atoms with Crippen molar-refractivity contribution in [1.29, 1.82) is 5.26 Å². The van der Waals surface area contributed by atoms with E-state index in [4.69, 9.17) is 14.7 Å². The zero-order valence-corrected chi connectivity index (χ0v) is 13.3.